The van der Waals surface area contributed by atoms with Crippen molar-refractivity contribution < 1.29 is 0 Å². The second kappa shape index (κ2) is 7.03. The highest BCUT2D eigenvalue weighted by molar-refractivity contribution is 9.10. The molecule has 0 aliphatic heterocycles. The van der Waals surface area contributed by atoms with Gasteiger partial charge in [-0.3, -0.25) is 0 Å². The number of hydrogen-bond acceptors (Lipinski definition) is 3. The molecule has 0 aliphatic carbocycles. The van der Waals surface area contributed by atoms with Crippen LogP contribution in [0.3, 0.4) is 0 Å². The SMILES string of the molecule is CCCNc1nc(C(C)C)nc(-c2ccccc2Br)c1C. The summed E-state index contributed by atoms with van der Waals surface area (Å²) in [5.41, 5.74) is 3.21. The summed E-state index contributed by atoms with van der Waals surface area (Å²) in [6, 6.07) is 8.19. The van der Waals surface area contributed by atoms with Crippen LogP contribution in [0.15, 0.2) is 28.7 Å². The maximum Gasteiger partial charge on any atom is 0.133 e. The van der Waals surface area contributed by atoms with Gasteiger partial charge in [0.05, 0.1) is 5.69 Å². The molecule has 0 saturated heterocycles. The molecule has 0 unspecified atom stereocenters. The Hall–Kier alpha value is -1.42. The lowest BCUT2D eigenvalue weighted by molar-refractivity contribution is 0.772. The standard InChI is InChI=1S/C17H22BrN3/c1-5-10-19-17-12(4)15(20-16(21-17)11(2)3)13-8-6-7-9-14(13)18/h6-9,11H,5,10H2,1-4H3,(H,19,20,21). The molecule has 0 amide bonds. The van der Waals surface area contributed by atoms with E-state index in [1.54, 1.807) is 0 Å². The van der Waals surface area contributed by atoms with E-state index >= 15 is 0 Å². The van der Waals surface area contributed by atoms with Crippen molar-refractivity contribution in [1.82, 2.24) is 9.97 Å². The normalized spacial score (nSPS) is 11.0. The maximum absolute atomic E-state index is 4.79. The van der Waals surface area contributed by atoms with E-state index in [1.807, 2.05) is 18.2 Å². The first kappa shape index (κ1) is 16.0. The van der Waals surface area contributed by atoms with Crippen molar-refractivity contribution in [3.8, 4) is 11.3 Å². The zero-order valence-electron chi connectivity index (χ0n) is 13.1. The van der Waals surface area contributed by atoms with Gasteiger partial charge in [0, 0.05) is 28.1 Å². The molecule has 1 heterocycles. The zero-order valence-corrected chi connectivity index (χ0v) is 14.7. The van der Waals surface area contributed by atoms with Gasteiger partial charge in [-0.2, -0.15) is 0 Å². The van der Waals surface area contributed by atoms with Crippen molar-refractivity contribution in [2.45, 2.75) is 40.0 Å². The molecule has 0 atom stereocenters. The Labute approximate surface area is 135 Å². The molecule has 0 saturated carbocycles. The zero-order chi connectivity index (χ0) is 15.4. The van der Waals surface area contributed by atoms with Crippen LogP contribution in [-0.4, -0.2) is 16.5 Å². The van der Waals surface area contributed by atoms with Crippen molar-refractivity contribution in [1.29, 1.82) is 0 Å². The second-order valence-corrected chi connectivity index (χ2v) is 6.32. The summed E-state index contributed by atoms with van der Waals surface area (Å²) in [6.45, 7) is 9.40. The molecule has 3 nitrogen and oxygen atoms in total. The van der Waals surface area contributed by atoms with Gasteiger partial charge in [0.1, 0.15) is 11.6 Å². The van der Waals surface area contributed by atoms with Crippen molar-refractivity contribution in [2.24, 2.45) is 0 Å². The summed E-state index contributed by atoms with van der Waals surface area (Å²) in [5, 5.41) is 3.42. The summed E-state index contributed by atoms with van der Waals surface area (Å²) in [4.78, 5) is 9.48. The highest BCUT2D eigenvalue weighted by atomic mass is 79.9. The lowest BCUT2D eigenvalue weighted by atomic mass is 10.1. The number of nitrogens with one attached hydrogen (secondary N) is 1. The van der Waals surface area contributed by atoms with Crippen LogP contribution < -0.4 is 5.32 Å². The third-order valence-electron chi connectivity index (χ3n) is 3.35. The first-order chi connectivity index (χ1) is 10.0. The molecule has 0 fully saturated rings. The minimum absolute atomic E-state index is 0.300. The van der Waals surface area contributed by atoms with E-state index in [4.69, 9.17) is 4.98 Å². The number of halogens is 1. The fraction of sp³-hybridized carbons (Fsp3) is 0.412. The Bertz CT molecular complexity index is 623. The molecule has 0 aliphatic rings. The van der Waals surface area contributed by atoms with Crippen molar-refractivity contribution in [3.63, 3.8) is 0 Å². The van der Waals surface area contributed by atoms with Crippen LogP contribution >= 0.6 is 15.9 Å². The van der Waals surface area contributed by atoms with E-state index in [2.05, 4.69) is 60.0 Å². The summed E-state index contributed by atoms with van der Waals surface area (Å²) < 4.78 is 1.06. The number of nitrogens with zero attached hydrogens (tertiary/aromatic N) is 2. The van der Waals surface area contributed by atoms with Crippen LogP contribution in [0.2, 0.25) is 0 Å². The van der Waals surface area contributed by atoms with Gasteiger partial charge in [-0.05, 0) is 19.4 Å². The molecule has 21 heavy (non-hydrogen) atoms. The fourth-order valence-electron chi connectivity index (χ4n) is 2.12. The van der Waals surface area contributed by atoms with Gasteiger partial charge in [0.2, 0.25) is 0 Å². The molecule has 2 aromatic rings. The van der Waals surface area contributed by atoms with Gasteiger partial charge in [0.25, 0.3) is 0 Å². The molecule has 0 bridgehead atoms. The van der Waals surface area contributed by atoms with Crippen LogP contribution in [0.1, 0.15) is 44.5 Å². The predicted octanol–water partition coefficient (Wildman–Crippen LogP) is 5.16. The largest absolute Gasteiger partial charge is 0.370 e. The quantitative estimate of drug-likeness (QED) is 0.811. The Morgan fingerprint density at radius 2 is 1.90 bits per heavy atom. The highest BCUT2D eigenvalue weighted by Crippen LogP contribution is 2.32. The van der Waals surface area contributed by atoms with Crippen LogP contribution in [0, 0.1) is 6.92 Å². The Kier molecular flexibility index (Phi) is 5.34. The average molecular weight is 348 g/mol. The Balaban J connectivity index is 2.58. The van der Waals surface area contributed by atoms with Crippen molar-refractivity contribution >= 4 is 21.7 Å². The monoisotopic (exact) mass is 347 g/mol. The minimum Gasteiger partial charge on any atom is -0.370 e. The molecule has 0 spiro atoms. The van der Waals surface area contributed by atoms with Crippen molar-refractivity contribution in [3.05, 3.63) is 40.1 Å². The molecule has 0 radical (unpaired) electrons. The van der Waals surface area contributed by atoms with Crippen LogP contribution in [0.5, 0.6) is 0 Å². The van der Waals surface area contributed by atoms with E-state index < -0.39 is 0 Å². The third kappa shape index (κ3) is 3.62. The summed E-state index contributed by atoms with van der Waals surface area (Å²) in [5.74, 6) is 2.13. The summed E-state index contributed by atoms with van der Waals surface area (Å²) in [7, 11) is 0. The molecule has 1 N–H and O–H groups in total. The van der Waals surface area contributed by atoms with Gasteiger partial charge in [-0.1, -0.05) is 54.9 Å². The van der Waals surface area contributed by atoms with Crippen LogP contribution in [-0.2, 0) is 0 Å². The van der Waals surface area contributed by atoms with Crippen LogP contribution in [0.25, 0.3) is 11.3 Å². The molecule has 1 aromatic heterocycles. The van der Waals surface area contributed by atoms with E-state index in [-0.39, 0.29) is 0 Å². The number of aromatic nitrogens is 2. The van der Waals surface area contributed by atoms with Crippen molar-refractivity contribution in [2.75, 3.05) is 11.9 Å². The highest BCUT2D eigenvalue weighted by Gasteiger charge is 2.15. The molecular weight excluding hydrogens is 326 g/mol. The number of benzene rings is 1. The topological polar surface area (TPSA) is 37.8 Å². The first-order valence-electron chi connectivity index (χ1n) is 7.41. The summed E-state index contributed by atoms with van der Waals surface area (Å²) >= 11 is 3.63. The van der Waals surface area contributed by atoms with E-state index in [9.17, 15) is 0 Å². The minimum atomic E-state index is 0.300. The van der Waals surface area contributed by atoms with E-state index in [1.165, 1.54) is 0 Å². The lowest BCUT2D eigenvalue weighted by Gasteiger charge is -2.16. The van der Waals surface area contributed by atoms with Gasteiger partial charge < -0.3 is 5.32 Å². The number of anilines is 1. The first-order valence-corrected chi connectivity index (χ1v) is 8.21. The number of rotatable bonds is 5. The molecule has 112 valence electrons. The predicted molar refractivity (Wildman–Crippen MR) is 92.8 cm³/mol. The molecule has 1 aromatic carbocycles. The van der Waals surface area contributed by atoms with Gasteiger partial charge >= 0.3 is 0 Å². The fourth-order valence-corrected chi connectivity index (χ4v) is 2.60. The third-order valence-corrected chi connectivity index (χ3v) is 4.04. The smallest absolute Gasteiger partial charge is 0.133 e. The number of hydrogen-bond donors (Lipinski definition) is 1. The lowest BCUT2D eigenvalue weighted by Crippen LogP contribution is -2.10. The maximum atomic E-state index is 4.79. The molecular formula is C17H22BrN3. The van der Waals surface area contributed by atoms with E-state index in [0.29, 0.717) is 5.92 Å². The second-order valence-electron chi connectivity index (χ2n) is 5.47. The summed E-state index contributed by atoms with van der Waals surface area (Å²) in [6.07, 6.45) is 1.07. The average Bonchev–Trinajstić information content (AvgIpc) is 2.47. The van der Waals surface area contributed by atoms with Gasteiger partial charge in [0.15, 0.2) is 0 Å². The van der Waals surface area contributed by atoms with Gasteiger partial charge in [-0.25, -0.2) is 9.97 Å². The van der Waals surface area contributed by atoms with Crippen LogP contribution in [0.4, 0.5) is 5.82 Å². The molecule has 4 heteroatoms. The molecule has 2 rings (SSSR count). The van der Waals surface area contributed by atoms with E-state index in [0.717, 1.165) is 45.9 Å². The Morgan fingerprint density at radius 3 is 2.52 bits per heavy atom. The van der Waals surface area contributed by atoms with Gasteiger partial charge in [-0.15, -0.1) is 0 Å². The Morgan fingerprint density at radius 1 is 1.19 bits per heavy atom.